The third kappa shape index (κ3) is 3.09. The number of aromatic nitrogens is 1. The van der Waals surface area contributed by atoms with Crippen molar-refractivity contribution >= 4 is 15.9 Å². The lowest BCUT2D eigenvalue weighted by Gasteiger charge is -2.12. The average molecular weight is 308 g/mol. The second kappa shape index (κ2) is 5.98. The highest BCUT2D eigenvalue weighted by Crippen LogP contribution is 2.29. The topological polar surface area (TPSA) is 42.4 Å². The summed E-state index contributed by atoms with van der Waals surface area (Å²) in [5, 5.41) is 9.27. The lowest BCUT2D eigenvalue weighted by Crippen LogP contribution is -2.00. The minimum absolute atomic E-state index is 0.0408. The van der Waals surface area contributed by atoms with Crippen LogP contribution in [0, 0.1) is 6.92 Å². The van der Waals surface area contributed by atoms with Crippen LogP contribution in [0.15, 0.2) is 41.1 Å². The maximum absolute atomic E-state index is 9.27. The maximum Gasteiger partial charge on any atom is 0.139 e. The summed E-state index contributed by atoms with van der Waals surface area (Å²) in [6, 6.07) is 7.64. The third-order valence-electron chi connectivity index (χ3n) is 2.53. The van der Waals surface area contributed by atoms with E-state index in [2.05, 4.69) is 20.9 Å². The predicted octanol–water partition coefficient (Wildman–Crippen LogP) is 3.22. The number of rotatable bonds is 4. The molecule has 0 saturated carbocycles. The van der Waals surface area contributed by atoms with Crippen LogP contribution in [0.2, 0.25) is 0 Å². The van der Waals surface area contributed by atoms with E-state index in [1.165, 1.54) is 0 Å². The zero-order valence-electron chi connectivity index (χ0n) is 10.1. The molecular formula is C14H14BrNO2. The van der Waals surface area contributed by atoms with Crippen molar-refractivity contribution < 1.29 is 9.84 Å². The standard InChI is InChI=1S/C14H14BrNO2/c1-10-5-11(7-16-6-10)9-18-14-12(8-17)3-2-4-13(14)15/h2-7,17H,8-9H2,1H3. The molecule has 0 aliphatic heterocycles. The molecule has 0 fully saturated rings. The van der Waals surface area contributed by atoms with Gasteiger partial charge in [0.15, 0.2) is 0 Å². The van der Waals surface area contributed by atoms with Gasteiger partial charge in [0.2, 0.25) is 0 Å². The Morgan fingerprint density at radius 1 is 1.33 bits per heavy atom. The van der Waals surface area contributed by atoms with Crippen LogP contribution in [-0.4, -0.2) is 10.1 Å². The Bertz CT molecular complexity index is 543. The number of benzene rings is 1. The van der Waals surface area contributed by atoms with Crippen molar-refractivity contribution in [3.8, 4) is 5.75 Å². The van der Waals surface area contributed by atoms with Gasteiger partial charge in [-0.3, -0.25) is 4.98 Å². The van der Waals surface area contributed by atoms with Crippen LogP contribution in [0.4, 0.5) is 0 Å². The zero-order valence-corrected chi connectivity index (χ0v) is 11.6. The highest BCUT2D eigenvalue weighted by molar-refractivity contribution is 9.10. The molecule has 0 aliphatic carbocycles. The fourth-order valence-electron chi connectivity index (χ4n) is 1.69. The molecule has 0 saturated heterocycles. The van der Waals surface area contributed by atoms with Gasteiger partial charge in [-0.25, -0.2) is 0 Å². The van der Waals surface area contributed by atoms with Crippen molar-refractivity contribution in [1.29, 1.82) is 0 Å². The van der Waals surface area contributed by atoms with Crippen molar-refractivity contribution in [3.63, 3.8) is 0 Å². The fraction of sp³-hybridized carbons (Fsp3) is 0.214. The van der Waals surface area contributed by atoms with Crippen molar-refractivity contribution in [2.75, 3.05) is 0 Å². The van der Waals surface area contributed by atoms with Crippen molar-refractivity contribution in [3.05, 3.63) is 57.8 Å². The number of nitrogens with zero attached hydrogens (tertiary/aromatic N) is 1. The Labute approximate surface area is 115 Å². The number of aryl methyl sites for hydroxylation is 1. The first-order chi connectivity index (χ1) is 8.70. The monoisotopic (exact) mass is 307 g/mol. The van der Waals surface area contributed by atoms with Crippen LogP contribution < -0.4 is 4.74 Å². The molecule has 1 N–H and O–H groups in total. The summed E-state index contributed by atoms with van der Waals surface area (Å²) in [6.07, 6.45) is 3.59. The Kier molecular flexibility index (Phi) is 4.33. The average Bonchev–Trinajstić information content (AvgIpc) is 2.37. The Morgan fingerprint density at radius 2 is 2.17 bits per heavy atom. The highest BCUT2D eigenvalue weighted by Gasteiger charge is 2.07. The first-order valence-corrected chi connectivity index (χ1v) is 6.41. The summed E-state index contributed by atoms with van der Waals surface area (Å²) in [5.41, 5.74) is 2.88. The molecular weight excluding hydrogens is 294 g/mol. The molecule has 1 heterocycles. The van der Waals surface area contributed by atoms with E-state index in [0.717, 1.165) is 21.2 Å². The summed E-state index contributed by atoms with van der Waals surface area (Å²) >= 11 is 3.42. The minimum Gasteiger partial charge on any atom is -0.487 e. The quantitative estimate of drug-likeness (QED) is 0.943. The van der Waals surface area contributed by atoms with Gasteiger partial charge in [0, 0.05) is 23.5 Å². The van der Waals surface area contributed by atoms with Crippen molar-refractivity contribution in [2.45, 2.75) is 20.1 Å². The smallest absolute Gasteiger partial charge is 0.139 e. The van der Waals surface area contributed by atoms with E-state index in [0.29, 0.717) is 12.4 Å². The summed E-state index contributed by atoms with van der Waals surface area (Å²) in [7, 11) is 0. The van der Waals surface area contributed by atoms with E-state index in [1.807, 2.05) is 31.2 Å². The zero-order chi connectivity index (χ0) is 13.0. The Morgan fingerprint density at radius 3 is 2.89 bits per heavy atom. The first-order valence-electron chi connectivity index (χ1n) is 5.62. The van der Waals surface area contributed by atoms with Gasteiger partial charge in [-0.05, 0) is 40.5 Å². The van der Waals surface area contributed by atoms with E-state index in [9.17, 15) is 5.11 Å². The van der Waals surface area contributed by atoms with E-state index in [1.54, 1.807) is 12.4 Å². The number of pyridine rings is 1. The van der Waals surface area contributed by atoms with Crippen LogP contribution in [-0.2, 0) is 13.2 Å². The fourth-order valence-corrected chi connectivity index (χ4v) is 2.21. The minimum atomic E-state index is -0.0408. The van der Waals surface area contributed by atoms with Gasteiger partial charge in [0.25, 0.3) is 0 Å². The van der Waals surface area contributed by atoms with Gasteiger partial charge >= 0.3 is 0 Å². The van der Waals surface area contributed by atoms with Gasteiger partial charge in [-0.2, -0.15) is 0 Å². The number of para-hydroxylation sites is 1. The number of aliphatic hydroxyl groups excluding tert-OH is 1. The normalized spacial score (nSPS) is 10.4. The lowest BCUT2D eigenvalue weighted by molar-refractivity contribution is 0.258. The number of hydrogen-bond acceptors (Lipinski definition) is 3. The first kappa shape index (κ1) is 13.1. The van der Waals surface area contributed by atoms with Crippen molar-refractivity contribution in [1.82, 2.24) is 4.98 Å². The number of halogens is 1. The van der Waals surface area contributed by atoms with Crippen LogP contribution >= 0.6 is 15.9 Å². The van der Waals surface area contributed by atoms with Crippen LogP contribution in [0.25, 0.3) is 0 Å². The highest BCUT2D eigenvalue weighted by atomic mass is 79.9. The van der Waals surface area contributed by atoms with Crippen molar-refractivity contribution in [2.24, 2.45) is 0 Å². The molecule has 1 aromatic carbocycles. The lowest BCUT2D eigenvalue weighted by atomic mass is 10.2. The summed E-state index contributed by atoms with van der Waals surface area (Å²) in [6.45, 7) is 2.39. The molecule has 3 nitrogen and oxygen atoms in total. The van der Waals surface area contributed by atoms with Gasteiger partial charge in [0.1, 0.15) is 12.4 Å². The molecule has 94 valence electrons. The summed E-state index contributed by atoms with van der Waals surface area (Å²) in [5.74, 6) is 0.682. The SMILES string of the molecule is Cc1cncc(COc2c(Br)cccc2CO)c1. The molecule has 2 rings (SSSR count). The molecule has 0 bridgehead atoms. The maximum atomic E-state index is 9.27. The second-order valence-electron chi connectivity index (χ2n) is 4.05. The molecule has 0 amide bonds. The molecule has 4 heteroatoms. The second-order valence-corrected chi connectivity index (χ2v) is 4.90. The van der Waals surface area contributed by atoms with Crippen LogP contribution in [0.1, 0.15) is 16.7 Å². The molecule has 0 spiro atoms. The molecule has 18 heavy (non-hydrogen) atoms. The largest absolute Gasteiger partial charge is 0.487 e. The van der Waals surface area contributed by atoms with Crippen LogP contribution in [0.5, 0.6) is 5.75 Å². The summed E-state index contributed by atoms with van der Waals surface area (Å²) in [4.78, 5) is 4.12. The number of ether oxygens (including phenoxy) is 1. The number of aliphatic hydroxyl groups is 1. The molecule has 0 radical (unpaired) electrons. The molecule has 0 atom stereocenters. The summed E-state index contributed by atoms with van der Waals surface area (Å²) < 4.78 is 6.60. The van der Waals surface area contributed by atoms with E-state index in [4.69, 9.17) is 4.74 Å². The Balaban J connectivity index is 2.15. The number of hydrogen-bond donors (Lipinski definition) is 1. The molecule has 2 aromatic rings. The van der Waals surface area contributed by atoms with Gasteiger partial charge in [0.05, 0.1) is 11.1 Å². The molecule has 0 aliphatic rings. The van der Waals surface area contributed by atoms with E-state index in [-0.39, 0.29) is 6.61 Å². The van der Waals surface area contributed by atoms with Crippen LogP contribution in [0.3, 0.4) is 0 Å². The van der Waals surface area contributed by atoms with E-state index < -0.39 is 0 Å². The van der Waals surface area contributed by atoms with Gasteiger partial charge in [-0.15, -0.1) is 0 Å². The molecule has 0 unspecified atom stereocenters. The Hall–Kier alpha value is -1.39. The predicted molar refractivity (Wildman–Crippen MR) is 73.4 cm³/mol. The van der Waals surface area contributed by atoms with Gasteiger partial charge in [-0.1, -0.05) is 12.1 Å². The third-order valence-corrected chi connectivity index (χ3v) is 3.16. The van der Waals surface area contributed by atoms with E-state index >= 15 is 0 Å². The van der Waals surface area contributed by atoms with Gasteiger partial charge < -0.3 is 9.84 Å². The molecule has 1 aromatic heterocycles.